The van der Waals surface area contributed by atoms with Crippen LogP contribution >= 0.6 is 11.6 Å². The first-order valence-corrected chi connectivity index (χ1v) is 12.5. The molecule has 10 nitrogen and oxygen atoms in total. The predicted octanol–water partition coefficient (Wildman–Crippen LogP) is 3.34. The van der Waals surface area contributed by atoms with Crippen molar-refractivity contribution in [3.8, 4) is 0 Å². The Morgan fingerprint density at radius 3 is 2.84 bits per heavy atom. The molecule has 5 aromatic rings. The first-order chi connectivity index (χ1) is 18.0. The summed E-state index contributed by atoms with van der Waals surface area (Å²) in [6, 6.07) is 3.74. The molecule has 1 aliphatic heterocycles. The van der Waals surface area contributed by atoms with Gasteiger partial charge in [-0.05, 0) is 36.5 Å². The highest BCUT2D eigenvalue weighted by atomic mass is 35.5. The number of halogens is 2. The maximum Gasteiger partial charge on any atom is 0.273 e. The van der Waals surface area contributed by atoms with Crippen molar-refractivity contribution in [2.24, 2.45) is 0 Å². The number of rotatable bonds is 7. The summed E-state index contributed by atoms with van der Waals surface area (Å²) in [5, 5.41) is 10.8. The lowest BCUT2D eigenvalue weighted by Crippen LogP contribution is -2.25. The summed E-state index contributed by atoms with van der Waals surface area (Å²) >= 11 is 5.89. The standard InChI is InChI=1S/C25H22ClFN8O2/c26-19-3-4-33-13-29-20(23(33)22(19)27)6-28-25(36)21-10-35(32-31-21)9-17-8-34-7-15(14-1-2-14)5-18(24(34)30-17)16-11-37-12-16/h3-5,7-8,10,13-14,16H,1-2,6,9,11-12H2,(H,28,36). The Hall–Kier alpha value is -3.83. The quantitative estimate of drug-likeness (QED) is 0.353. The van der Waals surface area contributed by atoms with Crippen LogP contribution in [0.2, 0.25) is 5.02 Å². The monoisotopic (exact) mass is 520 g/mol. The Morgan fingerprint density at radius 2 is 2.05 bits per heavy atom. The molecule has 6 heterocycles. The molecule has 0 unspecified atom stereocenters. The molecule has 1 N–H and O–H groups in total. The van der Waals surface area contributed by atoms with E-state index in [0.717, 1.165) is 24.6 Å². The van der Waals surface area contributed by atoms with E-state index < -0.39 is 11.7 Å². The van der Waals surface area contributed by atoms with Crippen molar-refractivity contribution < 1.29 is 13.9 Å². The number of carbonyl (C=O) groups is 1. The van der Waals surface area contributed by atoms with Gasteiger partial charge in [0.25, 0.3) is 5.91 Å². The lowest BCUT2D eigenvalue weighted by Gasteiger charge is -2.27. The molecule has 188 valence electrons. The highest BCUT2D eigenvalue weighted by Crippen LogP contribution is 2.42. The Balaban J connectivity index is 1.07. The van der Waals surface area contributed by atoms with Gasteiger partial charge in [-0.3, -0.25) is 4.79 Å². The second-order valence-electron chi connectivity index (χ2n) is 9.61. The molecular formula is C25H22ClFN8O2. The predicted molar refractivity (Wildman–Crippen MR) is 131 cm³/mol. The van der Waals surface area contributed by atoms with Crippen LogP contribution in [0.5, 0.6) is 0 Å². The van der Waals surface area contributed by atoms with Crippen LogP contribution in [0.25, 0.3) is 11.2 Å². The number of imidazole rings is 2. The molecule has 37 heavy (non-hydrogen) atoms. The fourth-order valence-electron chi connectivity index (χ4n) is 4.74. The number of amides is 1. The zero-order valence-electron chi connectivity index (χ0n) is 19.6. The minimum absolute atomic E-state index is 0.00707. The Bertz CT molecular complexity index is 1670. The topological polar surface area (TPSA) is 104 Å². The molecule has 1 amide bonds. The number of nitrogens with zero attached hydrogens (tertiary/aromatic N) is 7. The number of aromatic nitrogens is 7. The summed E-state index contributed by atoms with van der Waals surface area (Å²) in [5.41, 5.74) is 5.07. The van der Waals surface area contributed by atoms with Crippen LogP contribution in [0.4, 0.5) is 4.39 Å². The van der Waals surface area contributed by atoms with Crippen molar-refractivity contribution in [1.29, 1.82) is 0 Å². The molecule has 5 aromatic heterocycles. The van der Waals surface area contributed by atoms with Crippen molar-refractivity contribution in [3.05, 3.63) is 82.3 Å². The van der Waals surface area contributed by atoms with Gasteiger partial charge in [0.2, 0.25) is 0 Å². The third kappa shape index (κ3) is 4.04. The number of pyridine rings is 2. The average molecular weight is 521 g/mol. The van der Waals surface area contributed by atoms with E-state index in [-0.39, 0.29) is 22.8 Å². The van der Waals surface area contributed by atoms with Crippen molar-refractivity contribution in [1.82, 2.24) is 39.1 Å². The minimum atomic E-state index is -0.582. The third-order valence-corrected chi connectivity index (χ3v) is 7.25. The number of ether oxygens (including phenoxy) is 1. The molecule has 7 rings (SSSR count). The highest BCUT2D eigenvalue weighted by Gasteiger charge is 2.29. The van der Waals surface area contributed by atoms with Crippen LogP contribution in [0.3, 0.4) is 0 Å². The smallest absolute Gasteiger partial charge is 0.273 e. The largest absolute Gasteiger partial charge is 0.380 e. The lowest BCUT2D eigenvalue weighted by atomic mass is 9.96. The van der Waals surface area contributed by atoms with Crippen LogP contribution in [0.15, 0.2) is 43.2 Å². The summed E-state index contributed by atoms with van der Waals surface area (Å²) in [6.07, 6.45) is 11.3. The average Bonchev–Trinajstić information content (AvgIpc) is 3.26. The molecular weight excluding hydrogens is 499 g/mol. The van der Waals surface area contributed by atoms with Crippen molar-refractivity contribution in [2.75, 3.05) is 13.2 Å². The van der Waals surface area contributed by atoms with Crippen LogP contribution in [0, 0.1) is 5.82 Å². The van der Waals surface area contributed by atoms with E-state index in [4.69, 9.17) is 21.3 Å². The first-order valence-electron chi connectivity index (χ1n) is 12.1. The van der Waals surface area contributed by atoms with Gasteiger partial charge in [0.1, 0.15) is 11.2 Å². The molecule has 0 aromatic carbocycles. The molecule has 0 bridgehead atoms. The van der Waals surface area contributed by atoms with E-state index in [2.05, 4.69) is 37.3 Å². The normalized spacial score (nSPS) is 15.9. The summed E-state index contributed by atoms with van der Waals surface area (Å²) in [4.78, 5) is 21.7. The summed E-state index contributed by atoms with van der Waals surface area (Å²) < 4.78 is 25.1. The van der Waals surface area contributed by atoms with E-state index in [0.29, 0.717) is 24.1 Å². The molecule has 2 fully saturated rings. The van der Waals surface area contributed by atoms with Crippen LogP contribution in [0.1, 0.15) is 57.7 Å². The zero-order chi connectivity index (χ0) is 25.1. The Labute approximate surface area is 215 Å². The van der Waals surface area contributed by atoms with Gasteiger partial charge in [0.15, 0.2) is 11.5 Å². The molecule has 2 aliphatic rings. The second-order valence-corrected chi connectivity index (χ2v) is 10.0. The number of nitrogens with one attached hydrogen (secondary N) is 1. The van der Waals surface area contributed by atoms with E-state index in [9.17, 15) is 9.18 Å². The van der Waals surface area contributed by atoms with Gasteiger partial charge in [-0.25, -0.2) is 19.0 Å². The minimum Gasteiger partial charge on any atom is -0.380 e. The van der Waals surface area contributed by atoms with Gasteiger partial charge in [-0.2, -0.15) is 0 Å². The second kappa shape index (κ2) is 8.63. The van der Waals surface area contributed by atoms with Gasteiger partial charge >= 0.3 is 0 Å². The van der Waals surface area contributed by atoms with E-state index in [1.54, 1.807) is 17.1 Å². The molecule has 0 spiro atoms. The first kappa shape index (κ1) is 22.4. The number of fused-ring (bicyclic) bond motifs is 2. The van der Waals surface area contributed by atoms with Crippen LogP contribution in [-0.4, -0.2) is 52.9 Å². The van der Waals surface area contributed by atoms with Gasteiger partial charge < -0.3 is 18.9 Å². The van der Waals surface area contributed by atoms with Gasteiger partial charge in [-0.15, -0.1) is 5.10 Å². The molecule has 1 saturated heterocycles. The zero-order valence-corrected chi connectivity index (χ0v) is 20.4. The molecule has 1 saturated carbocycles. The van der Waals surface area contributed by atoms with Crippen molar-refractivity contribution in [3.63, 3.8) is 0 Å². The fraction of sp³-hybridized carbons (Fsp3) is 0.320. The SMILES string of the molecule is O=C(NCc1ncn2ccc(Cl)c(F)c12)c1cn(Cc2cn3cc(C4CC4)cc(C4COC4)c3n2)nn1. The molecule has 0 radical (unpaired) electrons. The third-order valence-electron chi connectivity index (χ3n) is 6.96. The summed E-state index contributed by atoms with van der Waals surface area (Å²) in [5.74, 6) is -0.0113. The van der Waals surface area contributed by atoms with E-state index >= 15 is 0 Å². The van der Waals surface area contributed by atoms with E-state index in [1.807, 2.05) is 6.20 Å². The number of hydrogen-bond donors (Lipinski definition) is 1. The van der Waals surface area contributed by atoms with Crippen LogP contribution < -0.4 is 5.32 Å². The van der Waals surface area contributed by atoms with Crippen molar-refractivity contribution >= 4 is 28.7 Å². The van der Waals surface area contributed by atoms with Gasteiger partial charge in [-0.1, -0.05) is 16.8 Å². The van der Waals surface area contributed by atoms with Gasteiger partial charge in [0.05, 0.1) is 55.2 Å². The number of hydrogen-bond acceptors (Lipinski definition) is 6. The maximum atomic E-state index is 14.4. The molecule has 0 atom stereocenters. The summed E-state index contributed by atoms with van der Waals surface area (Å²) in [7, 11) is 0. The number of carbonyl (C=O) groups excluding carboxylic acids is 1. The molecule has 12 heteroatoms. The van der Waals surface area contributed by atoms with Crippen LogP contribution in [-0.2, 0) is 17.8 Å². The maximum absolute atomic E-state index is 14.4. The highest BCUT2D eigenvalue weighted by molar-refractivity contribution is 6.31. The lowest BCUT2D eigenvalue weighted by molar-refractivity contribution is 0.00877. The van der Waals surface area contributed by atoms with E-state index in [1.165, 1.54) is 40.8 Å². The Kier molecular flexibility index (Phi) is 5.22. The fourth-order valence-corrected chi connectivity index (χ4v) is 4.89. The summed E-state index contributed by atoms with van der Waals surface area (Å²) in [6.45, 7) is 1.84. The van der Waals surface area contributed by atoms with Gasteiger partial charge in [0, 0.05) is 30.1 Å². The van der Waals surface area contributed by atoms with Crippen molar-refractivity contribution in [2.45, 2.75) is 37.8 Å². The Morgan fingerprint density at radius 1 is 1.19 bits per heavy atom. The molecule has 1 aliphatic carbocycles.